The molecule has 1 fully saturated rings. The Morgan fingerprint density at radius 1 is 1.36 bits per heavy atom. The van der Waals surface area contributed by atoms with Gasteiger partial charge in [-0.25, -0.2) is 0 Å². The topological polar surface area (TPSA) is 54.3 Å². The summed E-state index contributed by atoms with van der Waals surface area (Å²) in [5.41, 5.74) is 0.272. The van der Waals surface area contributed by atoms with Crippen LogP contribution in [0.1, 0.15) is 48.9 Å². The van der Waals surface area contributed by atoms with Crippen LogP contribution in [0.2, 0.25) is 0 Å². The van der Waals surface area contributed by atoms with Crippen molar-refractivity contribution in [1.29, 1.82) is 0 Å². The van der Waals surface area contributed by atoms with E-state index in [1.165, 1.54) is 42.7 Å². The summed E-state index contributed by atoms with van der Waals surface area (Å²) in [6.45, 7) is 1.65. The Hall–Kier alpha value is -1.62. The third kappa shape index (κ3) is 4.70. The zero-order chi connectivity index (χ0) is 15.9. The molecular formula is C17H27N3O2. The molecule has 22 heavy (non-hydrogen) atoms. The minimum atomic E-state index is -0.169. The van der Waals surface area contributed by atoms with Crippen molar-refractivity contribution >= 4 is 5.91 Å². The Morgan fingerprint density at radius 2 is 2.09 bits per heavy atom. The predicted octanol–water partition coefficient (Wildman–Crippen LogP) is 1.77. The number of nitrogens with zero attached hydrogens (tertiary/aromatic N) is 2. The largest absolute Gasteiger partial charge is 0.352 e. The van der Waals surface area contributed by atoms with Crippen LogP contribution < -0.4 is 10.9 Å². The normalized spacial score (nSPS) is 16.0. The molecule has 0 saturated heterocycles. The van der Waals surface area contributed by atoms with Gasteiger partial charge in [-0.3, -0.25) is 9.59 Å². The number of aryl methyl sites for hydroxylation is 1. The monoisotopic (exact) mass is 305 g/mol. The molecule has 2 rings (SSSR count). The lowest BCUT2D eigenvalue weighted by Gasteiger charge is -2.31. The summed E-state index contributed by atoms with van der Waals surface area (Å²) in [5, 5.41) is 2.89. The molecule has 1 saturated carbocycles. The third-order valence-corrected chi connectivity index (χ3v) is 4.54. The van der Waals surface area contributed by atoms with Crippen molar-refractivity contribution in [3.8, 4) is 0 Å². The molecule has 0 atom stereocenters. The lowest BCUT2D eigenvalue weighted by molar-refractivity contribution is 0.0950. The fourth-order valence-electron chi connectivity index (χ4n) is 3.03. The van der Waals surface area contributed by atoms with Gasteiger partial charge in [0.25, 0.3) is 11.5 Å². The van der Waals surface area contributed by atoms with Gasteiger partial charge in [0.1, 0.15) is 0 Å². The Morgan fingerprint density at radius 3 is 2.77 bits per heavy atom. The summed E-state index contributed by atoms with van der Waals surface area (Å²) in [6.07, 6.45) is 9.21. The maximum absolute atomic E-state index is 12.0. The molecule has 0 aromatic carbocycles. The van der Waals surface area contributed by atoms with Gasteiger partial charge in [-0.15, -0.1) is 0 Å². The second kappa shape index (κ2) is 8.13. The van der Waals surface area contributed by atoms with Gasteiger partial charge in [-0.1, -0.05) is 19.3 Å². The summed E-state index contributed by atoms with van der Waals surface area (Å²) in [4.78, 5) is 25.9. The lowest BCUT2D eigenvalue weighted by Crippen LogP contribution is -2.36. The van der Waals surface area contributed by atoms with E-state index in [9.17, 15) is 9.59 Å². The van der Waals surface area contributed by atoms with Crippen molar-refractivity contribution in [2.75, 3.05) is 20.1 Å². The Labute approximate surface area is 132 Å². The summed E-state index contributed by atoms with van der Waals surface area (Å²) in [5.74, 6) is -0.169. The highest BCUT2D eigenvalue weighted by Crippen LogP contribution is 2.21. The summed E-state index contributed by atoms with van der Waals surface area (Å²) in [7, 11) is 3.85. The van der Waals surface area contributed by atoms with Crippen LogP contribution in [0.15, 0.2) is 23.1 Å². The zero-order valence-corrected chi connectivity index (χ0v) is 13.7. The molecule has 0 spiro atoms. The van der Waals surface area contributed by atoms with E-state index in [0.717, 1.165) is 13.0 Å². The number of hydrogen-bond donors (Lipinski definition) is 1. The first kappa shape index (κ1) is 16.7. The summed E-state index contributed by atoms with van der Waals surface area (Å²) in [6, 6.07) is 3.76. The van der Waals surface area contributed by atoms with E-state index in [0.29, 0.717) is 18.2 Å². The van der Waals surface area contributed by atoms with Gasteiger partial charge in [0.2, 0.25) is 0 Å². The number of rotatable bonds is 6. The van der Waals surface area contributed by atoms with Crippen molar-refractivity contribution in [3.63, 3.8) is 0 Å². The van der Waals surface area contributed by atoms with Crippen molar-refractivity contribution in [2.45, 2.75) is 44.6 Å². The zero-order valence-electron chi connectivity index (χ0n) is 13.7. The van der Waals surface area contributed by atoms with Crippen molar-refractivity contribution in [2.24, 2.45) is 7.05 Å². The van der Waals surface area contributed by atoms with Crippen LogP contribution in [0.4, 0.5) is 0 Å². The molecule has 1 aromatic heterocycles. The minimum absolute atomic E-state index is 0.162. The highest BCUT2D eigenvalue weighted by Gasteiger charge is 2.17. The first-order valence-corrected chi connectivity index (χ1v) is 8.23. The molecule has 1 heterocycles. The van der Waals surface area contributed by atoms with Gasteiger partial charge in [0, 0.05) is 37.5 Å². The van der Waals surface area contributed by atoms with Gasteiger partial charge < -0.3 is 14.8 Å². The van der Waals surface area contributed by atoms with Crippen LogP contribution >= 0.6 is 0 Å². The molecule has 1 aromatic rings. The number of carbonyl (C=O) groups excluding carboxylic acids is 1. The number of aromatic nitrogens is 1. The molecule has 0 bridgehead atoms. The minimum Gasteiger partial charge on any atom is -0.352 e. The average molecular weight is 305 g/mol. The number of pyridine rings is 1. The SMILES string of the molecule is CN(CCCNC(=O)c1ccn(C)c(=O)c1)C1CCCCC1. The highest BCUT2D eigenvalue weighted by molar-refractivity contribution is 5.93. The first-order valence-electron chi connectivity index (χ1n) is 8.23. The number of hydrogen-bond acceptors (Lipinski definition) is 3. The molecule has 122 valence electrons. The van der Waals surface area contributed by atoms with Gasteiger partial charge in [0.15, 0.2) is 0 Å². The third-order valence-electron chi connectivity index (χ3n) is 4.54. The van der Waals surface area contributed by atoms with Crippen molar-refractivity contribution in [3.05, 3.63) is 34.2 Å². The molecule has 1 amide bonds. The smallest absolute Gasteiger partial charge is 0.251 e. The molecule has 5 nitrogen and oxygen atoms in total. The maximum Gasteiger partial charge on any atom is 0.251 e. The Bertz CT molecular complexity index is 547. The molecule has 1 N–H and O–H groups in total. The molecule has 0 unspecified atom stereocenters. The van der Waals surface area contributed by atoms with Crippen LogP contribution in [0.5, 0.6) is 0 Å². The van der Waals surface area contributed by atoms with Crippen molar-refractivity contribution in [1.82, 2.24) is 14.8 Å². The summed E-state index contributed by atoms with van der Waals surface area (Å²) >= 11 is 0. The van der Waals surface area contributed by atoms with Gasteiger partial charge in [-0.05, 0) is 38.9 Å². The second-order valence-electron chi connectivity index (χ2n) is 6.25. The highest BCUT2D eigenvalue weighted by atomic mass is 16.2. The van der Waals surface area contributed by atoms with Crippen LogP contribution in [-0.2, 0) is 7.05 Å². The van der Waals surface area contributed by atoms with Crippen LogP contribution in [0, 0.1) is 0 Å². The van der Waals surface area contributed by atoms with Crippen molar-refractivity contribution < 1.29 is 4.79 Å². The van der Waals surface area contributed by atoms with Crippen LogP contribution in [0.25, 0.3) is 0 Å². The van der Waals surface area contributed by atoms with Crippen LogP contribution in [0.3, 0.4) is 0 Å². The van der Waals surface area contributed by atoms with Gasteiger partial charge in [0.05, 0.1) is 0 Å². The van der Waals surface area contributed by atoms with E-state index < -0.39 is 0 Å². The fourth-order valence-corrected chi connectivity index (χ4v) is 3.03. The number of amides is 1. The second-order valence-corrected chi connectivity index (χ2v) is 6.25. The molecule has 0 radical (unpaired) electrons. The molecule has 1 aliphatic carbocycles. The summed E-state index contributed by atoms with van der Waals surface area (Å²) < 4.78 is 1.45. The van der Waals surface area contributed by atoms with E-state index in [1.807, 2.05) is 0 Å². The molecular weight excluding hydrogens is 278 g/mol. The van der Waals surface area contributed by atoms with E-state index in [1.54, 1.807) is 19.3 Å². The first-order chi connectivity index (χ1) is 10.6. The van der Waals surface area contributed by atoms with Crippen LogP contribution in [-0.4, -0.2) is 41.6 Å². The predicted molar refractivity (Wildman–Crippen MR) is 88.1 cm³/mol. The van der Waals surface area contributed by atoms with E-state index >= 15 is 0 Å². The standard InChI is InChI=1S/C17H27N3O2/c1-19(15-7-4-3-5-8-15)11-6-10-18-17(22)14-9-12-20(2)16(21)13-14/h9,12-13,15H,3-8,10-11H2,1-2H3,(H,18,22). The van der Waals surface area contributed by atoms with E-state index in [-0.39, 0.29) is 11.5 Å². The average Bonchev–Trinajstić information content (AvgIpc) is 2.54. The molecule has 5 heteroatoms. The quantitative estimate of drug-likeness (QED) is 0.815. The Balaban J connectivity index is 1.70. The lowest BCUT2D eigenvalue weighted by atomic mass is 9.94. The molecule has 1 aliphatic rings. The number of carbonyl (C=O) groups is 1. The fraction of sp³-hybridized carbons (Fsp3) is 0.647. The molecule has 0 aliphatic heterocycles. The van der Waals surface area contributed by atoms with E-state index in [2.05, 4.69) is 17.3 Å². The van der Waals surface area contributed by atoms with Gasteiger partial charge >= 0.3 is 0 Å². The Kier molecular flexibility index (Phi) is 6.19. The van der Waals surface area contributed by atoms with E-state index in [4.69, 9.17) is 0 Å². The number of nitrogens with one attached hydrogen (secondary N) is 1. The van der Waals surface area contributed by atoms with Gasteiger partial charge in [-0.2, -0.15) is 0 Å². The maximum atomic E-state index is 12.0.